The van der Waals surface area contributed by atoms with E-state index in [0.29, 0.717) is 17.7 Å². The number of fused-ring (bicyclic) bond motifs is 1. The maximum atomic E-state index is 13.7. The van der Waals surface area contributed by atoms with Crippen molar-refractivity contribution < 1.29 is 19.4 Å². The van der Waals surface area contributed by atoms with Gasteiger partial charge in [-0.1, -0.05) is 102 Å². The number of esters is 1. The van der Waals surface area contributed by atoms with Crippen LogP contribution in [0.25, 0.3) is 0 Å². The number of rotatable bonds is 10. The standard InChI is InChI=1S/C35H42O4/c1-6-7-9-14-29(25-15-18-30-31(23-25)35(4,5)20-19-34(30,2)3)33(38)39-27-16-17-28(32(36)37)26(22-27)21-24-12-10-8-11-13-24/h8,10-13,15-18,22-23,29H,6-7,9,14,19-21H2,1-5H3,(H,36,37). The quantitative estimate of drug-likeness (QED) is 0.163. The van der Waals surface area contributed by atoms with Crippen molar-refractivity contribution in [3.05, 3.63) is 100 Å². The van der Waals surface area contributed by atoms with Crippen LogP contribution in [-0.2, 0) is 22.0 Å². The smallest absolute Gasteiger partial charge is 0.335 e. The van der Waals surface area contributed by atoms with Gasteiger partial charge in [-0.15, -0.1) is 0 Å². The molecule has 4 heteroatoms. The normalized spacial score (nSPS) is 16.2. The second-order valence-corrected chi connectivity index (χ2v) is 12.3. The van der Waals surface area contributed by atoms with Crippen molar-refractivity contribution in [1.82, 2.24) is 0 Å². The van der Waals surface area contributed by atoms with E-state index >= 15 is 0 Å². The monoisotopic (exact) mass is 526 g/mol. The van der Waals surface area contributed by atoms with Gasteiger partial charge in [0, 0.05) is 0 Å². The van der Waals surface area contributed by atoms with E-state index in [1.165, 1.54) is 11.1 Å². The van der Waals surface area contributed by atoms with Crippen molar-refractivity contribution in [2.24, 2.45) is 0 Å². The molecule has 0 heterocycles. The van der Waals surface area contributed by atoms with Gasteiger partial charge in [-0.2, -0.15) is 0 Å². The summed E-state index contributed by atoms with van der Waals surface area (Å²) in [4.78, 5) is 25.6. The predicted molar refractivity (Wildman–Crippen MR) is 157 cm³/mol. The molecule has 1 unspecified atom stereocenters. The first-order valence-corrected chi connectivity index (χ1v) is 14.3. The van der Waals surface area contributed by atoms with Crippen LogP contribution in [0.3, 0.4) is 0 Å². The Kier molecular flexibility index (Phi) is 8.64. The Labute approximate surface area is 233 Å². The first kappa shape index (κ1) is 28.6. The van der Waals surface area contributed by atoms with E-state index in [-0.39, 0.29) is 28.3 Å². The minimum absolute atomic E-state index is 0.0533. The number of benzene rings is 3. The van der Waals surface area contributed by atoms with Crippen LogP contribution in [0.15, 0.2) is 66.7 Å². The first-order valence-electron chi connectivity index (χ1n) is 14.3. The molecule has 4 nitrogen and oxygen atoms in total. The van der Waals surface area contributed by atoms with Crippen LogP contribution in [0, 0.1) is 0 Å². The van der Waals surface area contributed by atoms with E-state index in [1.54, 1.807) is 18.2 Å². The Bertz CT molecular complexity index is 1320. The topological polar surface area (TPSA) is 63.6 Å². The fraction of sp³-hybridized carbons (Fsp3) is 0.429. The number of carbonyl (C=O) groups is 2. The number of hydrogen-bond acceptors (Lipinski definition) is 3. The second kappa shape index (κ2) is 11.8. The molecule has 1 N–H and O–H groups in total. The summed E-state index contributed by atoms with van der Waals surface area (Å²) in [6.07, 6.45) is 6.50. The summed E-state index contributed by atoms with van der Waals surface area (Å²) >= 11 is 0. The van der Waals surface area contributed by atoms with Crippen molar-refractivity contribution in [3.63, 3.8) is 0 Å². The summed E-state index contributed by atoms with van der Waals surface area (Å²) in [5.41, 5.74) is 5.73. The summed E-state index contributed by atoms with van der Waals surface area (Å²) in [7, 11) is 0. The number of unbranched alkanes of at least 4 members (excludes halogenated alkanes) is 2. The summed E-state index contributed by atoms with van der Waals surface area (Å²) in [5.74, 6) is -1.27. The molecular formula is C35H42O4. The molecule has 4 rings (SSSR count). The zero-order valence-corrected chi connectivity index (χ0v) is 24.0. The van der Waals surface area contributed by atoms with Crippen molar-refractivity contribution >= 4 is 11.9 Å². The number of carboxylic acid groups (broad SMARTS) is 1. The highest BCUT2D eigenvalue weighted by Crippen LogP contribution is 2.46. The number of carboxylic acids is 1. The molecule has 0 radical (unpaired) electrons. The minimum Gasteiger partial charge on any atom is -0.478 e. The molecule has 0 aliphatic heterocycles. The van der Waals surface area contributed by atoms with Crippen molar-refractivity contribution in [3.8, 4) is 5.75 Å². The third-order valence-electron chi connectivity index (χ3n) is 8.42. The molecule has 3 aromatic carbocycles. The molecule has 0 bridgehead atoms. The van der Waals surface area contributed by atoms with Crippen LogP contribution in [0.1, 0.15) is 117 Å². The fourth-order valence-electron chi connectivity index (χ4n) is 5.83. The Morgan fingerprint density at radius 1 is 0.872 bits per heavy atom. The molecule has 0 spiro atoms. The van der Waals surface area contributed by atoms with Gasteiger partial charge in [0.05, 0.1) is 11.5 Å². The van der Waals surface area contributed by atoms with Gasteiger partial charge in [0.1, 0.15) is 5.75 Å². The average molecular weight is 527 g/mol. The van der Waals surface area contributed by atoms with E-state index in [4.69, 9.17) is 4.74 Å². The van der Waals surface area contributed by atoms with Crippen molar-refractivity contribution in [2.75, 3.05) is 0 Å². The Morgan fingerprint density at radius 3 is 2.23 bits per heavy atom. The molecule has 1 aliphatic rings. The molecule has 206 valence electrons. The highest BCUT2D eigenvalue weighted by Gasteiger charge is 2.38. The van der Waals surface area contributed by atoms with Crippen LogP contribution >= 0.6 is 0 Å². The Morgan fingerprint density at radius 2 is 1.56 bits per heavy atom. The lowest BCUT2D eigenvalue weighted by atomic mass is 9.62. The van der Waals surface area contributed by atoms with Gasteiger partial charge in [0.2, 0.25) is 0 Å². The summed E-state index contributed by atoms with van der Waals surface area (Å²) in [5, 5.41) is 9.74. The maximum absolute atomic E-state index is 13.7. The molecular weight excluding hydrogens is 484 g/mol. The van der Waals surface area contributed by atoms with Crippen LogP contribution in [0.5, 0.6) is 5.75 Å². The Hall–Kier alpha value is -3.40. The lowest BCUT2D eigenvalue weighted by Crippen LogP contribution is -2.34. The van der Waals surface area contributed by atoms with Crippen molar-refractivity contribution in [1.29, 1.82) is 0 Å². The van der Waals surface area contributed by atoms with E-state index in [9.17, 15) is 14.7 Å². The molecule has 3 aromatic rings. The van der Waals surface area contributed by atoms with Gasteiger partial charge in [-0.3, -0.25) is 4.79 Å². The second-order valence-electron chi connectivity index (χ2n) is 12.3. The summed E-state index contributed by atoms with van der Waals surface area (Å²) in [6, 6.07) is 21.2. The summed E-state index contributed by atoms with van der Waals surface area (Å²) in [6.45, 7) is 11.4. The van der Waals surface area contributed by atoms with Gasteiger partial charge in [-0.25, -0.2) is 4.79 Å². The average Bonchev–Trinajstić information content (AvgIpc) is 2.90. The number of ether oxygens (including phenoxy) is 1. The van der Waals surface area contributed by atoms with E-state index in [2.05, 4.69) is 52.8 Å². The van der Waals surface area contributed by atoms with E-state index < -0.39 is 5.97 Å². The fourth-order valence-corrected chi connectivity index (χ4v) is 5.83. The SMILES string of the molecule is CCCCCC(C(=O)Oc1ccc(C(=O)O)c(Cc2ccccc2)c1)c1ccc2c(c1)C(C)(C)CCC2(C)C. The van der Waals surface area contributed by atoms with Gasteiger partial charge in [-0.05, 0) is 82.5 Å². The molecule has 0 fully saturated rings. The number of hydrogen-bond donors (Lipinski definition) is 1. The highest BCUT2D eigenvalue weighted by molar-refractivity contribution is 5.90. The molecule has 1 aliphatic carbocycles. The van der Waals surface area contributed by atoms with Gasteiger partial charge < -0.3 is 9.84 Å². The molecule has 39 heavy (non-hydrogen) atoms. The molecule has 0 amide bonds. The van der Waals surface area contributed by atoms with Crippen LogP contribution in [0.2, 0.25) is 0 Å². The molecule has 0 aromatic heterocycles. The van der Waals surface area contributed by atoms with Gasteiger partial charge >= 0.3 is 11.9 Å². The van der Waals surface area contributed by atoms with Crippen molar-refractivity contribution in [2.45, 2.75) is 96.3 Å². The maximum Gasteiger partial charge on any atom is 0.335 e. The number of aromatic carboxylic acids is 1. The first-order chi connectivity index (χ1) is 18.5. The van der Waals surface area contributed by atoms with E-state index in [0.717, 1.165) is 49.7 Å². The molecule has 1 atom stereocenters. The minimum atomic E-state index is -0.990. The Balaban J connectivity index is 1.65. The molecule has 0 saturated carbocycles. The number of carbonyl (C=O) groups excluding carboxylic acids is 1. The zero-order chi connectivity index (χ0) is 28.2. The van der Waals surface area contributed by atoms with Gasteiger partial charge in [0.15, 0.2) is 0 Å². The van der Waals surface area contributed by atoms with Crippen LogP contribution in [0.4, 0.5) is 0 Å². The van der Waals surface area contributed by atoms with E-state index in [1.807, 2.05) is 30.3 Å². The van der Waals surface area contributed by atoms with Crippen LogP contribution in [-0.4, -0.2) is 17.0 Å². The lowest BCUT2D eigenvalue weighted by molar-refractivity contribution is -0.136. The van der Waals surface area contributed by atoms with Gasteiger partial charge in [0.25, 0.3) is 0 Å². The third-order valence-corrected chi connectivity index (χ3v) is 8.42. The molecule has 0 saturated heterocycles. The largest absolute Gasteiger partial charge is 0.478 e. The zero-order valence-electron chi connectivity index (χ0n) is 24.0. The van der Waals surface area contributed by atoms with Crippen LogP contribution < -0.4 is 4.74 Å². The third kappa shape index (κ3) is 6.61. The summed E-state index contributed by atoms with van der Waals surface area (Å²) < 4.78 is 5.98. The lowest BCUT2D eigenvalue weighted by Gasteiger charge is -2.42. The highest BCUT2D eigenvalue weighted by atomic mass is 16.5. The predicted octanol–water partition coefficient (Wildman–Crippen LogP) is 8.59.